The lowest BCUT2D eigenvalue weighted by molar-refractivity contribution is 0.820. The van der Waals surface area contributed by atoms with Crippen molar-refractivity contribution in [1.82, 2.24) is 9.97 Å². The summed E-state index contributed by atoms with van der Waals surface area (Å²) >= 11 is 5.82. The van der Waals surface area contributed by atoms with E-state index < -0.39 is 0 Å². The Morgan fingerprint density at radius 2 is 2.27 bits per heavy atom. The van der Waals surface area contributed by atoms with Crippen LogP contribution < -0.4 is 5.73 Å². The third-order valence-electron chi connectivity index (χ3n) is 1.51. The predicted octanol–water partition coefficient (Wildman–Crippen LogP) is 1.65. The minimum Gasteiger partial charge on any atom is -0.343 e. The molecule has 0 aliphatic carbocycles. The molecule has 11 heavy (non-hydrogen) atoms. The monoisotopic (exact) mass is 173 g/mol. The summed E-state index contributed by atoms with van der Waals surface area (Å²) in [4.78, 5) is 7.10. The number of H-pyrrole nitrogens is 1. The van der Waals surface area contributed by atoms with Crippen LogP contribution in [0.3, 0.4) is 0 Å². The number of nitrogens with zero attached hydrogens (tertiary/aromatic N) is 1. The number of rotatable bonds is 2. The highest BCUT2D eigenvalue weighted by atomic mass is 35.5. The quantitative estimate of drug-likeness (QED) is 0.715. The van der Waals surface area contributed by atoms with Crippen molar-refractivity contribution in [3.05, 3.63) is 16.7 Å². The lowest BCUT2D eigenvalue weighted by atomic mass is 10.2. The van der Waals surface area contributed by atoms with Crippen LogP contribution in [0.1, 0.15) is 31.3 Å². The van der Waals surface area contributed by atoms with E-state index in [0.717, 1.165) is 11.5 Å². The van der Waals surface area contributed by atoms with E-state index >= 15 is 0 Å². The molecule has 0 spiro atoms. The van der Waals surface area contributed by atoms with Crippen LogP contribution >= 0.6 is 11.6 Å². The Bertz CT molecular complexity index is 242. The molecule has 4 heteroatoms. The molecule has 0 unspecified atom stereocenters. The molecule has 0 fully saturated rings. The third kappa shape index (κ3) is 1.73. The Labute approximate surface area is 71.0 Å². The molecule has 3 nitrogen and oxygen atoms in total. The fourth-order valence-electron chi connectivity index (χ4n) is 0.893. The lowest BCUT2D eigenvalue weighted by Gasteiger charge is -1.99. The molecule has 1 rings (SSSR count). The molecule has 0 aliphatic rings. The van der Waals surface area contributed by atoms with Crippen LogP contribution in [0.2, 0.25) is 5.15 Å². The first-order valence-corrected chi connectivity index (χ1v) is 3.97. The molecule has 0 radical (unpaired) electrons. The van der Waals surface area contributed by atoms with Crippen LogP contribution in [-0.2, 0) is 6.54 Å². The fraction of sp³-hybridized carbons (Fsp3) is 0.571. The van der Waals surface area contributed by atoms with Crippen LogP contribution in [0, 0.1) is 0 Å². The SMILES string of the molecule is CC(C)c1[nH]c(CN)nc1Cl. The van der Waals surface area contributed by atoms with Gasteiger partial charge in [0.05, 0.1) is 12.2 Å². The molecule has 0 saturated heterocycles. The number of nitrogens with one attached hydrogen (secondary N) is 1. The number of imidazole rings is 1. The van der Waals surface area contributed by atoms with Crippen molar-refractivity contribution in [1.29, 1.82) is 0 Å². The summed E-state index contributed by atoms with van der Waals surface area (Å²) in [6.07, 6.45) is 0. The van der Waals surface area contributed by atoms with Crippen LogP contribution in [-0.4, -0.2) is 9.97 Å². The molecule has 1 heterocycles. The van der Waals surface area contributed by atoms with Crippen molar-refractivity contribution >= 4 is 11.6 Å². The minimum absolute atomic E-state index is 0.371. The van der Waals surface area contributed by atoms with Gasteiger partial charge < -0.3 is 10.7 Å². The standard InChI is InChI=1S/C7H12ClN3/c1-4(2)6-7(8)11-5(3-9)10-6/h4H,3,9H2,1-2H3,(H,10,11). The van der Waals surface area contributed by atoms with Gasteiger partial charge >= 0.3 is 0 Å². The van der Waals surface area contributed by atoms with Gasteiger partial charge in [-0.1, -0.05) is 25.4 Å². The van der Waals surface area contributed by atoms with Crippen molar-refractivity contribution in [2.45, 2.75) is 26.3 Å². The number of hydrogen-bond acceptors (Lipinski definition) is 2. The molecule has 3 N–H and O–H groups in total. The Morgan fingerprint density at radius 3 is 2.55 bits per heavy atom. The maximum Gasteiger partial charge on any atom is 0.150 e. The van der Waals surface area contributed by atoms with E-state index in [9.17, 15) is 0 Å². The van der Waals surface area contributed by atoms with Crippen LogP contribution in [0.5, 0.6) is 0 Å². The maximum atomic E-state index is 5.82. The van der Waals surface area contributed by atoms with Crippen LogP contribution in [0.4, 0.5) is 0 Å². The van der Waals surface area contributed by atoms with E-state index in [-0.39, 0.29) is 0 Å². The highest BCUT2D eigenvalue weighted by Crippen LogP contribution is 2.20. The highest BCUT2D eigenvalue weighted by Gasteiger charge is 2.09. The number of aromatic nitrogens is 2. The summed E-state index contributed by atoms with van der Waals surface area (Å²) in [7, 11) is 0. The van der Waals surface area contributed by atoms with Crippen molar-refractivity contribution in [3.8, 4) is 0 Å². The second-order valence-corrected chi connectivity index (χ2v) is 3.10. The molecule has 62 valence electrons. The van der Waals surface area contributed by atoms with Gasteiger partial charge in [-0.15, -0.1) is 0 Å². The summed E-state index contributed by atoms with van der Waals surface area (Å²) in [5.41, 5.74) is 6.34. The lowest BCUT2D eigenvalue weighted by Crippen LogP contribution is -1.98. The number of aromatic amines is 1. The van der Waals surface area contributed by atoms with Gasteiger partial charge in [0, 0.05) is 0 Å². The first kappa shape index (κ1) is 8.56. The second kappa shape index (κ2) is 3.24. The number of nitrogens with two attached hydrogens (primary N) is 1. The normalized spacial score (nSPS) is 11.0. The smallest absolute Gasteiger partial charge is 0.150 e. The summed E-state index contributed by atoms with van der Waals surface area (Å²) in [5, 5.41) is 0.542. The first-order chi connectivity index (χ1) is 5.15. The van der Waals surface area contributed by atoms with Gasteiger partial charge in [0.15, 0.2) is 5.15 Å². The van der Waals surface area contributed by atoms with E-state index in [0.29, 0.717) is 17.6 Å². The summed E-state index contributed by atoms with van der Waals surface area (Å²) in [6, 6.07) is 0. The average molecular weight is 174 g/mol. The van der Waals surface area contributed by atoms with E-state index in [2.05, 4.69) is 23.8 Å². The zero-order valence-corrected chi connectivity index (χ0v) is 7.44. The molecule has 0 atom stereocenters. The molecular formula is C7H12ClN3. The predicted molar refractivity (Wildman–Crippen MR) is 45.6 cm³/mol. The van der Waals surface area contributed by atoms with E-state index in [1.807, 2.05) is 0 Å². The fourth-order valence-corrected chi connectivity index (χ4v) is 1.26. The molecule has 0 bridgehead atoms. The van der Waals surface area contributed by atoms with E-state index in [1.54, 1.807) is 0 Å². The topological polar surface area (TPSA) is 54.7 Å². The Hall–Kier alpha value is -0.540. The number of halogens is 1. The first-order valence-electron chi connectivity index (χ1n) is 3.59. The third-order valence-corrected chi connectivity index (χ3v) is 1.79. The van der Waals surface area contributed by atoms with Gasteiger partial charge in [0.1, 0.15) is 5.82 Å². The van der Waals surface area contributed by atoms with Gasteiger partial charge in [0.25, 0.3) is 0 Å². The molecule has 0 aromatic carbocycles. The summed E-state index contributed by atoms with van der Waals surface area (Å²) < 4.78 is 0. The van der Waals surface area contributed by atoms with E-state index in [1.165, 1.54) is 0 Å². The molecule has 0 amide bonds. The van der Waals surface area contributed by atoms with Crippen molar-refractivity contribution < 1.29 is 0 Å². The zero-order valence-electron chi connectivity index (χ0n) is 6.69. The van der Waals surface area contributed by atoms with E-state index in [4.69, 9.17) is 17.3 Å². The number of hydrogen-bond donors (Lipinski definition) is 2. The highest BCUT2D eigenvalue weighted by molar-refractivity contribution is 6.30. The molecule has 1 aromatic heterocycles. The molecular weight excluding hydrogens is 162 g/mol. The van der Waals surface area contributed by atoms with Crippen molar-refractivity contribution in [2.24, 2.45) is 5.73 Å². The van der Waals surface area contributed by atoms with Gasteiger partial charge in [-0.25, -0.2) is 4.98 Å². The molecule has 1 aromatic rings. The maximum absolute atomic E-state index is 5.82. The molecule has 0 saturated carbocycles. The molecule has 0 aliphatic heterocycles. The Kier molecular flexibility index (Phi) is 2.52. The van der Waals surface area contributed by atoms with Gasteiger partial charge in [-0.2, -0.15) is 0 Å². The van der Waals surface area contributed by atoms with Crippen molar-refractivity contribution in [3.63, 3.8) is 0 Å². The Morgan fingerprint density at radius 1 is 1.64 bits per heavy atom. The summed E-state index contributed by atoms with van der Waals surface area (Å²) in [5.74, 6) is 1.12. The van der Waals surface area contributed by atoms with Gasteiger partial charge in [-0.3, -0.25) is 0 Å². The van der Waals surface area contributed by atoms with Gasteiger partial charge in [0.2, 0.25) is 0 Å². The second-order valence-electron chi connectivity index (χ2n) is 2.75. The minimum atomic E-state index is 0.371. The summed E-state index contributed by atoms with van der Waals surface area (Å²) in [6.45, 7) is 4.52. The van der Waals surface area contributed by atoms with Gasteiger partial charge in [-0.05, 0) is 5.92 Å². The van der Waals surface area contributed by atoms with Crippen LogP contribution in [0.15, 0.2) is 0 Å². The Balaban J connectivity index is 2.97. The van der Waals surface area contributed by atoms with Crippen LogP contribution in [0.25, 0.3) is 0 Å². The average Bonchev–Trinajstić information content (AvgIpc) is 2.30. The zero-order chi connectivity index (χ0) is 8.43. The van der Waals surface area contributed by atoms with Crippen molar-refractivity contribution in [2.75, 3.05) is 0 Å². The largest absolute Gasteiger partial charge is 0.343 e.